The number of nitrogens with one attached hydrogen (secondary N) is 1. The van der Waals surface area contributed by atoms with E-state index in [9.17, 15) is 0 Å². The van der Waals surface area contributed by atoms with Gasteiger partial charge in [-0.3, -0.25) is 0 Å². The van der Waals surface area contributed by atoms with Gasteiger partial charge >= 0.3 is 0 Å². The molecule has 0 spiro atoms. The largest absolute Gasteiger partial charge is 0.307 e. The first-order valence-electron chi connectivity index (χ1n) is 7.33. The summed E-state index contributed by atoms with van der Waals surface area (Å²) in [6, 6.07) is 9.35. The Labute approximate surface area is 119 Å². The molecule has 3 rings (SSSR count). The molecule has 1 aromatic heterocycles. The predicted octanol–water partition coefficient (Wildman–Crippen LogP) is 2.50. The molecule has 0 amide bonds. The quantitative estimate of drug-likeness (QED) is 0.907. The highest BCUT2D eigenvalue weighted by Crippen LogP contribution is 2.30. The summed E-state index contributed by atoms with van der Waals surface area (Å²) >= 11 is 0. The minimum atomic E-state index is 0.369. The van der Waals surface area contributed by atoms with Crippen LogP contribution < -0.4 is 5.32 Å². The van der Waals surface area contributed by atoms with Crippen LogP contribution in [0.1, 0.15) is 44.7 Å². The lowest BCUT2D eigenvalue weighted by Gasteiger charge is -2.34. The summed E-state index contributed by atoms with van der Waals surface area (Å²) in [4.78, 5) is 0. The van der Waals surface area contributed by atoms with E-state index in [-0.39, 0.29) is 0 Å². The first kappa shape index (κ1) is 13.2. The molecule has 1 aliphatic carbocycles. The number of hydrogen-bond donors (Lipinski definition) is 1. The second-order valence-corrected chi connectivity index (χ2v) is 5.71. The Bertz CT molecular complexity index is 530. The summed E-state index contributed by atoms with van der Waals surface area (Å²) in [5, 5.41) is 14.9. The molecular formula is C15H21N5. The van der Waals surface area contributed by atoms with Crippen LogP contribution in [0.2, 0.25) is 0 Å². The number of benzene rings is 1. The van der Waals surface area contributed by atoms with Gasteiger partial charge in [0.15, 0.2) is 0 Å². The topological polar surface area (TPSA) is 55.6 Å². The monoisotopic (exact) mass is 271 g/mol. The van der Waals surface area contributed by atoms with Gasteiger partial charge in [-0.05, 0) is 60.7 Å². The van der Waals surface area contributed by atoms with Gasteiger partial charge in [0, 0.05) is 12.1 Å². The van der Waals surface area contributed by atoms with E-state index in [1.54, 1.807) is 11.0 Å². The summed E-state index contributed by atoms with van der Waals surface area (Å²) in [7, 11) is 0. The van der Waals surface area contributed by atoms with Crippen LogP contribution in [0.5, 0.6) is 0 Å². The SMILES string of the molecule is C[C@H](N[C@H](C)c1ccc(-n2cnnn2)cc1)C1CCC1. The van der Waals surface area contributed by atoms with Crippen molar-refractivity contribution in [1.82, 2.24) is 25.5 Å². The maximum absolute atomic E-state index is 3.89. The summed E-state index contributed by atoms with van der Waals surface area (Å²) < 4.78 is 1.67. The summed E-state index contributed by atoms with van der Waals surface area (Å²) in [5.74, 6) is 0.859. The van der Waals surface area contributed by atoms with Crippen molar-refractivity contribution in [1.29, 1.82) is 0 Å². The van der Waals surface area contributed by atoms with Crippen molar-refractivity contribution in [3.8, 4) is 5.69 Å². The second kappa shape index (κ2) is 5.71. The molecule has 5 heteroatoms. The van der Waals surface area contributed by atoms with E-state index in [2.05, 4.69) is 59.0 Å². The van der Waals surface area contributed by atoms with Crippen LogP contribution in [0.15, 0.2) is 30.6 Å². The van der Waals surface area contributed by atoms with Gasteiger partial charge in [-0.1, -0.05) is 18.6 Å². The highest BCUT2D eigenvalue weighted by molar-refractivity contribution is 5.34. The van der Waals surface area contributed by atoms with E-state index in [1.807, 2.05) is 0 Å². The maximum atomic E-state index is 3.89. The summed E-state index contributed by atoms with van der Waals surface area (Å²) in [5.41, 5.74) is 2.28. The van der Waals surface area contributed by atoms with Crippen molar-refractivity contribution < 1.29 is 0 Å². The number of nitrogens with zero attached hydrogens (tertiary/aromatic N) is 4. The zero-order chi connectivity index (χ0) is 13.9. The van der Waals surface area contributed by atoms with Gasteiger partial charge in [-0.15, -0.1) is 5.10 Å². The predicted molar refractivity (Wildman–Crippen MR) is 77.5 cm³/mol. The highest BCUT2D eigenvalue weighted by Gasteiger charge is 2.24. The summed E-state index contributed by atoms with van der Waals surface area (Å²) in [6.07, 6.45) is 5.75. The first-order chi connectivity index (χ1) is 9.74. The zero-order valence-corrected chi connectivity index (χ0v) is 12.0. The van der Waals surface area contributed by atoms with E-state index < -0.39 is 0 Å². The molecule has 1 saturated carbocycles. The van der Waals surface area contributed by atoms with Gasteiger partial charge in [0.1, 0.15) is 6.33 Å². The highest BCUT2D eigenvalue weighted by atomic mass is 15.5. The minimum Gasteiger partial charge on any atom is -0.307 e. The van der Waals surface area contributed by atoms with Crippen LogP contribution in [0.4, 0.5) is 0 Å². The van der Waals surface area contributed by atoms with Gasteiger partial charge in [-0.25, -0.2) is 4.68 Å². The third kappa shape index (κ3) is 2.72. The van der Waals surface area contributed by atoms with Crippen LogP contribution in [0, 0.1) is 5.92 Å². The molecule has 1 fully saturated rings. The lowest BCUT2D eigenvalue weighted by atomic mass is 9.80. The number of tetrazole rings is 1. The molecule has 2 atom stereocenters. The summed E-state index contributed by atoms with van der Waals surface area (Å²) in [6.45, 7) is 4.52. The van der Waals surface area contributed by atoms with Crippen molar-refractivity contribution in [3.63, 3.8) is 0 Å². The Kier molecular flexibility index (Phi) is 3.78. The molecule has 2 aromatic rings. The molecule has 106 valence electrons. The Morgan fingerprint density at radius 3 is 2.50 bits per heavy atom. The van der Waals surface area contributed by atoms with Crippen LogP contribution >= 0.6 is 0 Å². The standard InChI is InChI=1S/C15H21N5/c1-11(13-4-3-5-13)17-12(2)14-6-8-15(9-7-14)20-10-16-18-19-20/h6-13,17H,3-5H2,1-2H3/t11-,12+/m0/s1. The average molecular weight is 271 g/mol. The molecule has 0 radical (unpaired) electrons. The van der Waals surface area contributed by atoms with Gasteiger partial charge < -0.3 is 5.32 Å². The number of aromatic nitrogens is 4. The minimum absolute atomic E-state index is 0.369. The van der Waals surface area contributed by atoms with Gasteiger partial charge in [-0.2, -0.15) is 0 Å². The fourth-order valence-corrected chi connectivity index (χ4v) is 2.76. The average Bonchev–Trinajstić information content (AvgIpc) is 2.90. The molecule has 0 bridgehead atoms. The molecule has 0 aliphatic heterocycles. The van der Waals surface area contributed by atoms with E-state index >= 15 is 0 Å². The molecule has 20 heavy (non-hydrogen) atoms. The fraction of sp³-hybridized carbons (Fsp3) is 0.533. The molecule has 1 aromatic carbocycles. The lowest BCUT2D eigenvalue weighted by molar-refractivity contribution is 0.230. The van der Waals surface area contributed by atoms with Crippen LogP contribution in [-0.4, -0.2) is 26.2 Å². The van der Waals surface area contributed by atoms with Gasteiger partial charge in [0.05, 0.1) is 5.69 Å². The molecular weight excluding hydrogens is 250 g/mol. The third-order valence-corrected chi connectivity index (χ3v) is 4.38. The van der Waals surface area contributed by atoms with Crippen LogP contribution in [-0.2, 0) is 0 Å². The zero-order valence-electron chi connectivity index (χ0n) is 12.0. The molecule has 1 aliphatic rings. The van der Waals surface area contributed by atoms with E-state index in [4.69, 9.17) is 0 Å². The fourth-order valence-electron chi connectivity index (χ4n) is 2.76. The van der Waals surface area contributed by atoms with Crippen LogP contribution in [0.25, 0.3) is 5.69 Å². The van der Waals surface area contributed by atoms with E-state index in [0.29, 0.717) is 12.1 Å². The Balaban J connectivity index is 1.64. The number of rotatable bonds is 5. The number of hydrogen-bond acceptors (Lipinski definition) is 4. The van der Waals surface area contributed by atoms with E-state index in [1.165, 1.54) is 24.8 Å². The van der Waals surface area contributed by atoms with Crippen molar-refractivity contribution >= 4 is 0 Å². The second-order valence-electron chi connectivity index (χ2n) is 5.71. The van der Waals surface area contributed by atoms with Gasteiger partial charge in [0.2, 0.25) is 0 Å². The van der Waals surface area contributed by atoms with Crippen molar-refractivity contribution in [3.05, 3.63) is 36.2 Å². The first-order valence-corrected chi connectivity index (χ1v) is 7.33. The van der Waals surface area contributed by atoms with Crippen molar-refractivity contribution in [2.45, 2.75) is 45.2 Å². The molecule has 1 heterocycles. The van der Waals surface area contributed by atoms with Gasteiger partial charge in [0.25, 0.3) is 0 Å². The van der Waals surface area contributed by atoms with Crippen molar-refractivity contribution in [2.75, 3.05) is 0 Å². The Morgan fingerprint density at radius 1 is 1.20 bits per heavy atom. The molecule has 1 N–H and O–H groups in total. The molecule has 5 nitrogen and oxygen atoms in total. The third-order valence-electron chi connectivity index (χ3n) is 4.38. The Morgan fingerprint density at radius 2 is 1.95 bits per heavy atom. The molecule has 0 unspecified atom stereocenters. The van der Waals surface area contributed by atoms with Crippen LogP contribution in [0.3, 0.4) is 0 Å². The Hall–Kier alpha value is -1.75. The van der Waals surface area contributed by atoms with Crippen molar-refractivity contribution in [2.24, 2.45) is 5.92 Å². The molecule has 0 saturated heterocycles. The smallest absolute Gasteiger partial charge is 0.143 e. The normalized spacial score (nSPS) is 18.5. The van der Waals surface area contributed by atoms with E-state index in [0.717, 1.165) is 11.6 Å². The lowest BCUT2D eigenvalue weighted by Crippen LogP contribution is -2.38. The maximum Gasteiger partial charge on any atom is 0.143 e.